The number of benzene rings is 3. The second kappa shape index (κ2) is 11.2. The van der Waals surface area contributed by atoms with Gasteiger partial charge >= 0.3 is 0 Å². The van der Waals surface area contributed by atoms with Crippen molar-refractivity contribution in [2.75, 3.05) is 29.9 Å². The maximum absolute atomic E-state index is 13.6. The Labute approximate surface area is 230 Å². The first-order valence-electron chi connectivity index (χ1n) is 12.2. The summed E-state index contributed by atoms with van der Waals surface area (Å²) in [4.78, 5) is 45.3. The summed E-state index contributed by atoms with van der Waals surface area (Å²) in [5, 5.41) is 9.47. The highest BCUT2D eigenvalue weighted by Crippen LogP contribution is 2.35. The van der Waals surface area contributed by atoms with Crippen LogP contribution in [-0.4, -0.2) is 49.2 Å². The zero-order valence-electron chi connectivity index (χ0n) is 20.3. The lowest BCUT2D eigenvalue weighted by Crippen LogP contribution is -2.53. The molecule has 3 aromatic rings. The van der Waals surface area contributed by atoms with E-state index >= 15 is 0 Å². The maximum atomic E-state index is 13.6. The van der Waals surface area contributed by atoms with E-state index in [0.29, 0.717) is 29.4 Å². The lowest BCUT2D eigenvalue weighted by Gasteiger charge is -2.36. The summed E-state index contributed by atoms with van der Waals surface area (Å²) in [5.74, 6) is -0.328. The fourth-order valence-electron chi connectivity index (χ4n) is 4.51. The Morgan fingerprint density at radius 3 is 2.55 bits per heavy atom. The highest BCUT2D eigenvalue weighted by atomic mass is 35.5. The average Bonchev–Trinajstić information content (AvgIpc) is 3.46. The number of anilines is 2. The van der Waals surface area contributed by atoms with Gasteiger partial charge in [0.2, 0.25) is 11.8 Å². The number of aliphatic imine (C=N–C) groups is 1. The first-order chi connectivity index (χ1) is 18.4. The number of nitrogens with one attached hydrogen (secondary N) is 3. The highest BCUT2D eigenvalue weighted by Gasteiger charge is 2.38. The largest absolute Gasteiger partial charge is 0.368 e. The van der Waals surface area contributed by atoms with Gasteiger partial charge in [0.1, 0.15) is 11.9 Å². The molecule has 2 aliphatic heterocycles. The third-order valence-electron chi connectivity index (χ3n) is 6.44. The van der Waals surface area contributed by atoms with Crippen LogP contribution in [0.4, 0.5) is 11.4 Å². The Morgan fingerprint density at radius 1 is 1.03 bits per heavy atom. The fraction of sp³-hybridized carbons (Fsp3) is 0.214. The minimum Gasteiger partial charge on any atom is -0.368 e. The minimum absolute atomic E-state index is 0.197. The van der Waals surface area contributed by atoms with Gasteiger partial charge in [0, 0.05) is 24.2 Å². The Bertz CT molecular complexity index is 1420. The first-order valence-corrected chi connectivity index (χ1v) is 13.0. The summed E-state index contributed by atoms with van der Waals surface area (Å²) < 4.78 is 0. The molecular weight excluding hydrogens is 525 g/mol. The Hall–Kier alpha value is -3.88. The van der Waals surface area contributed by atoms with Gasteiger partial charge in [0.15, 0.2) is 0 Å². The molecule has 0 unspecified atom stereocenters. The van der Waals surface area contributed by atoms with E-state index in [1.807, 2.05) is 24.3 Å². The molecule has 3 aromatic carbocycles. The van der Waals surface area contributed by atoms with Gasteiger partial charge in [0.05, 0.1) is 34.4 Å². The number of halogens is 2. The number of hydrogen-bond acceptors (Lipinski definition) is 5. The van der Waals surface area contributed by atoms with Gasteiger partial charge in [-0.2, -0.15) is 0 Å². The van der Waals surface area contributed by atoms with E-state index in [0.717, 1.165) is 30.1 Å². The van der Waals surface area contributed by atoms with Gasteiger partial charge in [-0.05, 0) is 42.3 Å². The van der Waals surface area contributed by atoms with E-state index in [2.05, 4.69) is 20.9 Å². The van der Waals surface area contributed by atoms with Crippen molar-refractivity contribution in [3.8, 4) is 0 Å². The molecule has 0 saturated heterocycles. The molecule has 10 heteroatoms. The number of amides is 3. The lowest BCUT2D eigenvalue weighted by molar-refractivity contribution is -0.125. The second-order valence-corrected chi connectivity index (χ2v) is 9.80. The van der Waals surface area contributed by atoms with Gasteiger partial charge < -0.3 is 16.0 Å². The SMILES string of the molecule is O=C(C[C@@H]1C(=O)Nc2ccccc2N1C(=O)c1ccc(Cl)c(Cl)c1)NCCc1ccc(C2=NCCN2)cc1. The standard InChI is InChI=1S/C28H25Cl2N5O3/c29-20-10-9-19(15-21(20)30)28(38)35-23-4-2-1-3-22(23)34-27(37)24(35)16-25(36)31-12-11-17-5-7-18(8-6-17)26-32-13-14-33-26/h1-10,15,24H,11-14,16H2,(H,31,36)(H,32,33)(H,34,37)/t24-/m1/s1. The molecule has 2 heterocycles. The summed E-state index contributed by atoms with van der Waals surface area (Å²) in [7, 11) is 0. The quantitative estimate of drug-likeness (QED) is 0.413. The van der Waals surface area contributed by atoms with Crippen LogP contribution in [0.2, 0.25) is 10.0 Å². The van der Waals surface area contributed by atoms with Gasteiger partial charge in [-0.3, -0.25) is 24.3 Å². The zero-order valence-corrected chi connectivity index (χ0v) is 21.9. The Morgan fingerprint density at radius 2 is 1.82 bits per heavy atom. The van der Waals surface area contributed by atoms with Crippen LogP contribution in [-0.2, 0) is 16.0 Å². The van der Waals surface area contributed by atoms with Crippen molar-refractivity contribution in [2.45, 2.75) is 18.9 Å². The molecule has 0 fully saturated rings. The van der Waals surface area contributed by atoms with Crippen molar-refractivity contribution in [3.63, 3.8) is 0 Å². The lowest BCUT2D eigenvalue weighted by atomic mass is 10.0. The first kappa shape index (κ1) is 25.8. The number of carbonyl (C=O) groups excluding carboxylic acids is 3. The molecule has 2 aliphatic rings. The smallest absolute Gasteiger partial charge is 0.259 e. The predicted octanol–water partition coefficient (Wildman–Crippen LogP) is 4.06. The molecule has 0 radical (unpaired) electrons. The number of nitrogens with zero attached hydrogens (tertiary/aromatic N) is 2. The number of hydrogen-bond donors (Lipinski definition) is 3. The molecule has 5 rings (SSSR count). The van der Waals surface area contributed by atoms with Gasteiger partial charge in [-0.25, -0.2) is 0 Å². The molecule has 3 N–H and O–H groups in total. The Kier molecular flexibility index (Phi) is 7.62. The molecule has 0 saturated carbocycles. The van der Waals surface area contributed by atoms with Gasteiger partial charge in [0.25, 0.3) is 5.91 Å². The molecule has 3 amide bonds. The van der Waals surface area contributed by atoms with E-state index in [1.165, 1.54) is 17.0 Å². The van der Waals surface area contributed by atoms with Crippen molar-refractivity contribution in [1.82, 2.24) is 10.6 Å². The van der Waals surface area contributed by atoms with Gasteiger partial charge in [-0.1, -0.05) is 59.6 Å². The molecule has 0 aliphatic carbocycles. The van der Waals surface area contributed by atoms with E-state index in [1.54, 1.807) is 30.3 Å². The Balaban J connectivity index is 1.27. The summed E-state index contributed by atoms with van der Waals surface area (Å²) in [6, 6.07) is 18.5. The van der Waals surface area contributed by atoms with Crippen LogP contribution in [0.25, 0.3) is 0 Å². The fourth-order valence-corrected chi connectivity index (χ4v) is 4.81. The summed E-state index contributed by atoms with van der Waals surface area (Å²) in [6.07, 6.45) is 0.426. The molecule has 1 atom stereocenters. The van der Waals surface area contributed by atoms with E-state index in [4.69, 9.17) is 23.2 Å². The molecule has 0 bridgehead atoms. The average molecular weight is 550 g/mol. The molecule has 8 nitrogen and oxygen atoms in total. The van der Waals surface area contributed by atoms with Crippen LogP contribution in [0.1, 0.15) is 27.9 Å². The summed E-state index contributed by atoms with van der Waals surface area (Å²) >= 11 is 12.2. The number of rotatable bonds is 7. The third-order valence-corrected chi connectivity index (χ3v) is 7.18. The molecule has 38 heavy (non-hydrogen) atoms. The van der Waals surface area contributed by atoms with Gasteiger partial charge in [-0.15, -0.1) is 0 Å². The molecule has 0 spiro atoms. The topological polar surface area (TPSA) is 103 Å². The predicted molar refractivity (Wildman–Crippen MR) is 149 cm³/mol. The molecule has 194 valence electrons. The van der Waals surface area contributed by atoms with Crippen molar-refractivity contribution < 1.29 is 14.4 Å². The summed E-state index contributed by atoms with van der Waals surface area (Å²) in [5.41, 5.74) is 3.35. The van der Waals surface area contributed by atoms with Crippen LogP contribution in [0.5, 0.6) is 0 Å². The van der Waals surface area contributed by atoms with Crippen LogP contribution in [0.15, 0.2) is 71.7 Å². The van der Waals surface area contributed by atoms with Crippen LogP contribution in [0, 0.1) is 0 Å². The summed E-state index contributed by atoms with van der Waals surface area (Å²) in [6.45, 7) is 2.03. The van der Waals surface area contributed by atoms with Crippen molar-refractivity contribution in [1.29, 1.82) is 0 Å². The number of carbonyl (C=O) groups is 3. The maximum Gasteiger partial charge on any atom is 0.259 e. The molecular formula is C28H25Cl2N5O3. The number of amidine groups is 1. The van der Waals surface area contributed by atoms with Crippen molar-refractivity contribution in [2.24, 2.45) is 4.99 Å². The van der Waals surface area contributed by atoms with Crippen molar-refractivity contribution in [3.05, 3.63) is 93.5 Å². The number of para-hydroxylation sites is 2. The van der Waals surface area contributed by atoms with E-state index < -0.39 is 17.9 Å². The van der Waals surface area contributed by atoms with Crippen LogP contribution in [0.3, 0.4) is 0 Å². The van der Waals surface area contributed by atoms with E-state index in [-0.39, 0.29) is 22.9 Å². The molecule has 0 aromatic heterocycles. The van der Waals surface area contributed by atoms with Crippen LogP contribution < -0.4 is 20.9 Å². The zero-order chi connectivity index (χ0) is 26.6. The third kappa shape index (κ3) is 5.51. The minimum atomic E-state index is -1.04. The monoisotopic (exact) mass is 549 g/mol. The van der Waals surface area contributed by atoms with Crippen molar-refractivity contribution >= 4 is 58.1 Å². The van der Waals surface area contributed by atoms with E-state index in [9.17, 15) is 14.4 Å². The normalized spacial score (nSPS) is 16.3. The second-order valence-electron chi connectivity index (χ2n) is 8.98. The van der Waals surface area contributed by atoms with Crippen LogP contribution >= 0.6 is 23.2 Å². The number of fused-ring (bicyclic) bond motifs is 1. The highest BCUT2D eigenvalue weighted by molar-refractivity contribution is 6.42.